The molecule has 40 heavy (non-hydrogen) atoms. The smallest absolute Gasteiger partial charge is 0.257 e. The second-order valence-corrected chi connectivity index (χ2v) is 10.8. The number of benzene rings is 2. The summed E-state index contributed by atoms with van der Waals surface area (Å²) >= 11 is 12.1. The van der Waals surface area contributed by atoms with Gasteiger partial charge in [-0.25, -0.2) is 18.7 Å². The van der Waals surface area contributed by atoms with Crippen LogP contribution in [0.25, 0.3) is 0 Å². The Bertz CT molecular complexity index is 1370. The van der Waals surface area contributed by atoms with Gasteiger partial charge in [-0.2, -0.15) is 0 Å². The van der Waals surface area contributed by atoms with Crippen LogP contribution in [-0.2, 0) is 21.7 Å². The number of rotatable bonds is 9. The minimum absolute atomic E-state index is 0.0271. The molecule has 3 heterocycles. The molecule has 1 fully saturated rings. The lowest BCUT2D eigenvalue weighted by atomic mass is 9.76. The van der Waals surface area contributed by atoms with E-state index in [1.165, 1.54) is 23.4 Å². The van der Waals surface area contributed by atoms with Crippen LogP contribution in [0.2, 0.25) is 10.0 Å². The number of aromatic nitrogens is 2. The number of nitrogens with zero attached hydrogens (tertiary/aromatic N) is 3. The highest BCUT2D eigenvalue weighted by Gasteiger charge is 2.55. The molecule has 0 spiro atoms. The third-order valence-electron chi connectivity index (χ3n) is 7.68. The predicted octanol–water partition coefficient (Wildman–Crippen LogP) is 5.80. The number of alkyl halides is 1. The maximum atomic E-state index is 16.4. The molecule has 11 heteroatoms. The van der Waals surface area contributed by atoms with Crippen molar-refractivity contribution in [3.8, 4) is 0 Å². The molecule has 7 nitrogen and oxygen atoms in total. The van der Waals surface area contributed by atoms with Crippen LogP contribution in [0.1, 0.15) is 65.0 Å². The summed E-state index contributed by atoms with van der Waals surface area (Å²) in [6.07, 6.45) is 3.58. The first-order valence-electron chi connectivity index (χ1n) is 13.1. The molecule has 3 aromatic rings. The van der Waals surface area contributed by atoms with Gasteiger partial charge in [0.25, 0.3) is 5.91 Å². The summed E-state index contributed by atoms with van der Waals surface area (Å²) in [5, 5.41) is 10.5. The van der Waals surface area contributed by atoms with Crippen molar-refractivity contribution in [2.75, 3.05) is 26.4 Å². The van der Waals surface area contributed by atoms with Crippen molar-refractivity contribution >= 4 is 29.1 Å². The van der Waals surface area contributed by atoms with Crippen molar-refractivity contribution in [3.05, 3.63) is 92.7 Å². The van der Waals surface area contributed by atoms with Crippen LogP contribution in [0.5, 0.6) is 0 Å². The maximum absolute atomic E-state index is 16.4. The number of amides is 1. The molecule has 1 saturated heterocycles. The molecular formula is C29H29Cl2F2N3O4. The zero-order chi connectivity index (χ0) is 28.5. The van der Waals surface area contributed by atoms with Crippen molar-refractivity contribution < 1.29 is 28.2 Å². The SMILES string of the molecule is CC[C@H](c1cc(F)c2c(c1)C(=O)N(Cc1ncc(Cl)cn1)[C@@]2(OCCO)c1ccc(Cl)cc1)C1(F)CCOCC1. The molecule has 1 amide bonds. The molecule has 212 valence electrons. The van der Waals surface area contributed by atoms with Gasteiger partial charge >= 0.3 is 0 Å². The number of carbonyl (C=O) groups excluding carboxylic acids is 1. The Labute approximate surface area is 241 Å². The average molecular weight is 592 g/mol. The summed E-state index contributed by atoms with van der Waals surface area (Å²) in [7, 11) is 0. The third kappa shape index (κ3) is 5.10. The van der Waals surface area contributed by atoms with E-state index in [4.69, 9.17) is 32.7 Å². The Balaban J connectivity index is 1.70. The maximum Gasteiger partial charge on any atom is 0.257 e. The lowest BCUT2D eigenvalue weighted by Gasteiger charge is -2.39. The van der Waals surface area contributed by atoms with E-state index in [2.05, 4.69) is 9.97 Å². The van der Waals surface area contributed by atoms with E-state index in [9.17, 15) is 9.90 Å². The molecule has 5 rings (SSSR count). The van der Waals surface area contributed by atoms with Gasteiger partial charge in [-0.3, -0.25) is 9.69 Å². The van der Waals surface area contributed by atoms with E-state index >= 15 is 8.78 Å². The summed E-state index contributed by atoms with van der Waals surface area (Å²) in [6.45, 7) is 1.66. The van der Waals surface area contributed by atoms with Crippen molar-refractivity contribution in [2.45, 2.75) is 50.0 Å². The van der Waals surface area contributed by atoms with E-state index < -0.39 is 29.0 Å². The lowest BCUT2D eigenvalue weighted by molar-refractivity contribution is -0.121. The Hall–Kier alpha value is -2.69. The molecule has 2 atom stereocenters. The molecule has 2 aliphatic rings. The standard InChI is InChI=1S/C29H29Cl2F2N3O4/c1-2-23(28(33)7-10-39-11-8-28)18-13-22-26(24(32)14-18)29(40-12-9-37,19-3-5-20(30)6-4-19)36(27(22)38)17-25-34-15-21(31)16-35-25/h3-6,13-16,23,37H,2,7-12,17H2,1H3/t23-,29-/m1/s1. The summed E-state index contributed by atoms with van der Waals surface area (Å²) in [5.74, 6) is -1.66. The van der Waals surface area contributed by atoms with Gasteiger partial charge in [0.1, 0.15) is 17.3 Å². The Morgan fingerprint density at radius 3 is 2.42 bits per heavy atom. The predicted molar refractivity (Wildman–Crippen MR) is 146 cm³/mol. The van der Waals surface area contributed by atoms with E-state index in [1.807, 2.05) is 6.92 Å². The number of ether oxygens (including phenoxy) is 2. The molecule has 0 radical (unpaired) electrons. The molecule has 0 bridgehead atoms. The van der Waals surface area contributed by atoms with Gasteiger partial charge in [0, 0.05) is 55.0 Å². The first-order valence-corrected chi connectivity index (χ1v) is 13.9. The van der Waals surface area contributed by atoms with Gasteiger partial charge in [0.15, 0.2) is 5.72 Å². The van der Waals surface area contributed by atoms with Gasteiger partial charge in [-0.05, 0) is 36.2 Å². The summed E-state index contributed by atoms with van der Waals surface area (Å²) in [6, 6.07) is 9.36. The zero-order valence-electron chi connectivity index (χ0n) is 21.9. The van der Waals surface area contributed by atoms with Crippen LogP contribution >= 0.6 is 23.2 Å². The molecule has 2 aliphatic heterocycles. The lowest BCUT2D eigenvalue weighted by Crippen LogP contribution is -2.47. The number of fused-ring (bicyclic) bond motifs is 1. The van der Waals surface area contributed by atoms with Crippen LogP contribution in [0.3, 0.4) is 0 Å². The highest BCUT2D eigenvalue weighted by Crippen LogP contribution is 2.50. The first-order chi connectivity index (χ1) is 19.2. The minimum atomic E-state index is -1.78. The number of hydrogen-bond donors (Lipinski definition) is 1. The van der Waals surface area contributed by atoms with Crippen molar-refractivity contribution in [1.82, 2.24) is 14.9 Å². The van der Waals surface area contributed by atoms with E-state index in [1.54, 1.807) is 30.3 Å². The molecule has 2 aromatic carbocycles. The van der Waals surface area contributed by atoms with Gasteiger partial charge in [-0.15, -0.1) is 0 Å². The Morgan fingerprint density at radius 2 is 1.80 bits per heavy atom. The largest absolute Gasteiger partial charge is 0.394 e. The monoisotopic (exact) mass is 591 g/mol. The Kier molecular flexibility index (Phi) is 8.40. The van der Waals surface area contributed by atoms with Gasteiger partial charge in [0.2, 0.25) is 0 Å². The molecule has 0 aliphatic carbocycles. The minimum Gasteiger partial charge on any atom is -0.394 e. The molecule has 0 saturated carbocycles. The highest BCUT2D eigenvalue weighted by atomic mass is 35.5. The third-order valence-corrected chi connectivity index (χ3v) is 8.12. The van der Waals surface area contributed by atoms with Gasteiger partial charge in [-0.1, -0.05) is 42.3 Å². The number of hydrogen-bond acceptors (Lipinski definition) is 6. The van der Waals surface area contributed by atoms with E-state index in [0.29, 0.717) is 27.6 Å². The first kappa shape index (κ1) is 28.8. The fraction of sp³-hybridized carbons (Fsp3) is 0.414. The number of aliphatic hydroxyl groups is 1. The fourth-order valence-electron chi connectivity index (χ4n) is 5.87. The molecule has 1 aromatic heterocycles. The van der Waals surface area contributed by atoms with E-state index in [-0.39, 0.29) is 62.8 Å². The quantitative estimate of drug-likeness (QED) is 0.338. The summed E-state index contributed by atoms with van der Waals surface area (Å²) < 4.78 is 44.1. The van der Waals surface area contributed by atoms with Crippen molar-refractivity contribution in [2.24, 2.45) is 0 Å². The van der Waals surface area contributed by atoms with Crippen LogP contribution in [0.15, 0.2) is 48.8 Å². The molecule has 1 N–H and O–H groups in total. The molecule has 0 unspecified atom stereocenters. The van der Waals surface area contributed by atoms with Crippen LogP contribution in [-0.4, -0.2) is 58.0 Å². The normalized spacial score (nSPS) is 20.9. The average Bonchev–Trinajstić information content (AvgIpc) is 3.18. The summed E-state index contributed by atoms with van der Waals surface area (Å²) in [5.41, 5.74) is -2.54. The van der Waals surface area contributed by atoms with Crippen LogP contribution in [0, 0.1) is 5.82 Å². The van der Waals surface area contributed by atoms with Crippen LogP contribution < -0.4 is 0 Å². The van der Waals surface area contributed by atoms with Crippen LogP contribution in [0.4, 0.5) is 8.78 Å². The number of aliphatic hydroxyl groups excluding tert-OH is 1. The number of halogens is 4. The second-order valence-electron chi connectivity index (χ2n) is 9.96. The number of carbonyl (C=O) groups is 1. The fourth-order valence-corrected chi connectivity index (χ4v) is 6.10. The van der Waals surface area contributed by atoms with Gasteiger partial charge < -0.3 is 14.6 Å². The van der Waals surface area contributed by atoms with Gasteiger partial charge in [0.05, 0.1) is 35.9 Å². The molecular weight excluding hydrogens is 563 g/mol. The highest BCUT2D eigenvalue weighted by molar-refractivity contribution is 6.30. The zero-order valence-corrected chi connectivity index (χ0v) is 23.4. The Morgan fingerprint density at radius 1 is 1.12 bits per heavy atom. The topological polar surface area (TPSA) is 84.8 Å². The second kappa shape index (κ2) is 11.7. The summed E-state index contributed by atoms with van der Waals surface area (Å²) in [4.78, 5) is 23.9. The van der Waals surface area contributed by atoms with Crippen molar-refractivity contribution in [3.63, 3.8) is 0 Å². The van der Waals surface area contributed by atoms with Crippen molar-refractivity contribution in [1.29, 1.82) is 0 Å². The van der Waals surface area contributed by atoms with E-state index in [0.717, 1.165) is 0 Å².